The lowest BCUT2D eigenvalue weighted by Crippen LogP contribution is -2.40. The van der Waals surface area contributed by atoms with Crippen LogP contribution in [0.4, 0.5) is 0 Å². The summed E-state index contributed by atoms with van der Waals surface area (Å²) in [6, 6.07) is 29.7. The van der Waals surface area contributed by atoms with Gasteiger partial charge in [-0.3, -0.25) is 9.36 Å². The molecule has 0 radical (unpaired) electrons. The summed E-state index contributed by atoms with van der Waals surface area (Å²) in [6.07, 6.45) is 1.81. The van der Waals surface area contributed by atoms with Gasteiger partial charge in [-0.05, 0) is 76.5 Å². The number of aromatic nitrogens is 1. The molecule has 10 heteroatoms. The van der Waals surface area contributed by atoms with E-state index in [2.05, 4.69) is 22.6 Å². The van der Waals surface area contributed by atoms with Crippen molar-refractivity contribution in [2.75, 3.05) is 20.8 Å². The number of carbonyl (C=O) groups is 1. The van der Waals surface area contributed by atoms with Crippen molar-refractivity contribution in [1.29, 1.82) is 0 Å². The molecule has 0 spiro atoms. The molecule has 0 bridgehead atoms. The molecule has 1 aliphatic heterocycles. The Morgan fingerprint density at radius 3 is 2.40 bits per heavy atom. The zero-order valence-electron chi connectivity index (χ0n) is 25.9. The van der Waals surface area contributed by atoms with Crippen LogP contribution in [0.15, 0.2) is 112 Å². The standard InChI is InChI=1S/C37H31IN2O6S/c1-4-45-36(42)31-32(25-14-9-6-10-15-25)39-37-40(33(31)26-16-11-17-27(21-26)43-2)35(41)30(47-37)20-24-18-28(38)34(29(19-24)44-3)46-22-23-12-7-5-8-13-23/h5-21,33H,4,22H2,1-3H3/b30-20-. The number of esters is 1. The lowest BCUT2D eigenvalue weighted by molar-refractivity contribution is -0.138. The number of ether oxygens (including phenoxy) is 4. The van der Waals surface area contributed by atoms with E-state index in [0.29, 0.717) is 44.4 Å². The van der Waals surface area contributed by atoms with E-state index in [1.165, 1.54) is 11.3 Å². The fraction of sp³-hybridized carbons (Fsp3) is 0.162. The van der Waals surface area contributed by atoms with Crippen LogP contribution in [0, 0.1) is 3.57 Å². The van der Waals surface area contributed by atoms with E-state index in [-0.39, 0.29) is 17.7 Å². The lowest BCUT2D eigenvalue weighted by atomic mass is 9.93. The summed E-state index contributed by atoms with van der Waals surface area (Å²) in [5, 5.41) is 0. The Kier molecular flexibility index (Phi) is 9.88. The summed E-state index contributed by atoms with van der Waals surface area (Å²) in [5.41, 5.74) is 3.69. The highest BCUT2D eigenvalue weighted by atomic mass is 127. The predicted octanol–water partition coefficient (Wildman–Crippen LogP) is 6.14. The summed E-state index contributed by atoms with van der Waals surface area (Å²) < 4.78 is 25.8. The van der Waals surface area contributed by atoms with Crippen molar-refractivity contribution >= 4 is 51.7 Å². The van der Waals surface area contributed by atoms with Gasteiger partial charge in [0.1, 0.15) is 12.4 Å². The first-order valence-corrected chi connectivity index (χ1v) is 16.8. The third-order valence-corrected chi connectivity index (χ3v) is 9.34. The van der Waals surface area contributed by atoms with Crippen LogP contribution < -0.4 is 29.1 Å². The van der Waals surface area contributed by atoms with Crippen molar-refractivity contribution in [2.45, 2.75) is 19.6 Å². The zero-order valence-corrected chi connectivity index (χ0v) is 28.9. The van der Waals surface area contributed by atoms with Crippen molar-refractivity contribution in [3.8, 4) is 17.2 Å². The second-order valence-electron chi connectivity index (χ2n) is 10.5. The smallest absolute Gasteiger partial charge is 0.338 e. The summed E-state index contributed by atoms with van der Waals surface area (Å²) in [6.45, 7) is 2.32. The fourth-order valence-corrected chi connectivity index (χ4v) is 7.19. The normalized spacial score (nSPS) is 14.3. The van der Waals surface area contributed by atoms with Gasteiger partial charge in [-0.25, -0.2) is 9.79 Å². The van der Waals surface area contributed by atoms with Gasteiger partial charge in [0.15, 0.2) is 16.3 Å². The molecule has 6 rings (SSSR count). The topological polar surface area (TPSA) is 88.4 Å². The fourth-order valence-electron chi connectivity index (χ4n) is 5.41. The number of methoxy groups -OCH3 is 2. The predicted molar refractivity (Wildman–Crippen MR) is 191 cm³/mol. The van der Waals surface area contributed by atoms with Crippen LogP contribution in [0.1, 0.15) is 35.2 Å². The number of carbonyl (C=O) groups excluding carboxylic acids is 1. The van der Waals surface area contributed by atoms with Gasteiger partial charge in [-0.2, -0.15) is 0 Å². The van der Waals surface area contributed by atoms with Crippen LogP contribution in [0.25, 0.3) is 11.8 Å². The van der Waals surface area contributed by atoms with Crippen molar-refractivity contribution in [2.24, 2.45) is 4.99 Å². The minimum absolute atomic E-state index is 0.172. The largest absolute Gasteiger partial charge is 0.497 e. The average Bonchev–Trinajstić information content (AvgIpc) is 3.41. The van der Waals surface area contributed by atoms with Crippen molar-refractivity contribution in [1.82, 2.24) is 4.57 Å². The number of thiazole rings is 1. The SMILES string of the molecule is CCOC(=O)C1=C(c2ccccc2)N=c2s/c(=C\c3cc(I)c(OCc4ccccc4)c(OC)c3)c(=O)n2C1c1cccc(OC)c1. The van der Waals surface area contributed by atoms with E-state index in [1.807, 2.05) is 103 Å². The lowest BCUT2D eigenvalue weighted by Gasteiger charge is -2.26. The number of hydrogen-bond acceptors (Lipinski definition) is 8. The van der Waals surface area contributed by atoms with Gasteiger partial charge < -0.3 is 18.9 Å². The first kappa shape index (κ1) is 32.3. The average molecular weight is 759 g/mol. The van der Waals surface area contributed by atoms with Crippen LogP contribution in [-0.4, -0.2) is 31.4 Å². The van der Waals surface area contributed by atoms with E-state index in [9.17, 15) is 9.59 Å². The maximum atomic E-state index is 14.3. The Labute approximate surface area is 289 Å². The third-order valence-electron chi connectivity index (χ3n) is 7.56. The van der Waals surface area contributed by atoms with E-state index >= 15 is 0 Å². The molecule has 2 heterocycles. The first-order valence-electron chi connectivity index (χ1n) is 14.9. The third kappa shape index (κ3) is 6.75. The summed E-state index contributed by atoms with van der Waals surface area (Å²) >= 11 is 3.47. The van der Waals surface area contributed by atoms with Crippen molar-refractivity contribution in [3.63, 3.8) is 0 Å². The van der Waals surface area contributed by atoms with Gasteiger partial charge in [-0.15, -0.1) is 0 Å². The van der Waals surface area contributed by atoms with Crippen LogP contribution in [0.2, 0.25) is 0 Å². The van der Waals surface area contributed by atoms with Gasteiger partial charge in [0.25, 0.3) is 5.56 Å². The van der Waals surface area contributed by atoms with Crippen molar-refractivity contribution < 1.29 is 23.7 Å². The second-order valence-corrected chi connectivity index (χ2v) is 12.7. The maximum Gasteiger partial charge on any atom is 0.338 e. The minimum Gasteiger partial charge on any atom is -0.497 e. The van der Waals surface area contributed by atoms with Gasteiger partial charge in [-0.1, -0.05) is 84.1 Å². The highest BCUT2D eigenvalue weighted by Gasteiger charge is 2.35. The Bertz CT molecular complexity index is 2140. The quantitative estimate of drug-likeness (QED) is 0.126. The maximum absolute atomic E-state index is 14.3. The number of halogens is 1. The molecule has 1 aliphatic rings. The Hall–Kier alpha value is -4.68. The summed E-state index contributed by atoms with van der Waals surface area (Å²) in [5.74, 6) is 1.24. The number of fused-ring (bicyclic) bond motifs is 1. The second kappa shape index (κ2) is 14.4. The summed E-state index contributed by atoms with van der Waals surface area (Å²) in [4.78, 5) is 33.4. The number of benzene rings is 4. The van der Waals surface area contributed by atoms with Crippen LogP contribution in [0.3, 0.4) is 0 Å². The molecule has 0 fully saturated rings. The Balaban J connectivity index is 1.51. The molecule has 0 aliphatic carbocycles. The summed E-state index contributed by atoms with van der Waals surface area (Å²) in [7, 11) is 3.17. The Morgan fingerprint density at radius 1 is 0.957 bits per heavy atom. The number of hydrogen-bond donors (Lipinski definition) is 0. The molecule has 8 nitrogen and oxygen atoms in total. The molecule has 5 aromatic rings. The van der Waals surface area contributed by atoms with E-state index in [4.69, 9.17) is 23.9 Å². The Morgan fingerprint density at radius 2 is 1.70 bits per heavy atom. The van der Waals surface area contributed by atoms with Crippen LogP contribution in [0.5, 0.6) is 17.2 Å². The molecular weight excluding hydrogens is 727 g/mol. The number of rotatable bonds is 10. The molecule has 1 atom stereocenters. The van der Waals surface area contributed by atoms with Crippen LogP contribution in [-0.2, 0) is 16.1 Å². The monoisotopic (exact) mass is 758 g/mol. The molecule has 4 aromatic carbocycles. The molecule has 0 saturated heterocycles. The molecule has 47 heavy (non-hydrogen) atoms. The molecular formula is C37H31IN2O6S. The van der Waals surface area contributed by atoms with E-state index < -0.39 is 12.0 Å². The van der Waals surface area contributed by atoms with Crippen LogP contribution >= 0.6 is 33.9 Å². The first-order chi connectivity index (χ1) is 22.9. The van der Waals surface area contributed by atoms with Gasteiger partial charge >= 0.3 is 5.97 Å². The molecule has 0 N–H and O–H groups in total. The van der Waals surface area contributed by atoms with Gasteiger partial charge in [0, 0.05) is 5.56 Å². The van der Waals surface area contributed by atoms with E-state index in [1.54, 1.807) is 25.7 Å². The van der Waals surface area contributed by atoms with Crippen molar-refractivity contribution in [3.05, 3.63) is 148 Å². The highest BCUT2D eigenvalue weighted by molar-refractivity contribution is 14.1. The minimum atomic E-state index is -0.804. The highest BCUT2D eigenvalue weighted by Crippen LogP contribution is 2.37. The molecule has 1 unspecified atom stereocenters. The van der Waals surface area contributed by atoms with E-state index in [0.717, 1.165) is 20.3 Å². The molecule has 238 valence electrons. The zero-order chi connectivity index (χ0) is 32.9. The van der Waals surface area contributed by atoms with Gasteiger partial charge in [0.05, 0.1) is 46.2 Å². The molecule has 1 aromatic heterocycles. The van der Waals surface area contributed by atoms with Gasteiger partial charge in [0.2, 0.25) is 0 Å². The molecule has 0 amide bonds. The number of nitrogens with zero attached hydrogens (tertiary/aromatic N) is 2. The molecule has 0 saturated carbocycles.